The van der Waals surface area contributed by atoms with Gasteiger partial charge in [-0.2, -0.15) is 0 Å². The van der Waals surface area contributed by atoms with Gasteiger partial charge in [-0.3, -0.25) is 9.59 Å². The fourth-order valence-electron chi connectivity index (χ4n) is 3.86. The first-order chi connectivity index (χ1) is 15.5. The molecule has 2 aromatic carbocycles. The zero-order valence-corrected chi connectivity index (χ0v) is 18.8. The summed E-state index contributed by atoms with van der Waals surface area (Å²) in [6.07, 6.45) is 1.35. The number of hydrogen-bond donors (Lipinski definition) is 1. The van der Waals surface area contributed by atoms with E-state index in [0.717, 1.165) is 22.4 Å². The molecule has 4 rings (SSSR count). The second-order valence-electron chi connectivity index (χ2n) is 7.70. The summed E-state index contributed by atoms with van der Waals surface area (Å²) in [6, 6.07) is 17.6. The van der Waals surface area contributed by atoms with Crippen molar-refractivity contribution < 1.29 is 19.1 Å². The molecule has 1 aliphatic rings. The summed E-state index contributed by atoms with van der Waals surface area (Å²) < 4.78 is 4.97. The van der Waals surface area contributed by atoms with E-state index in [4.69, 9.17) is 4.74 Å². The molecule has 2 amide bonds. The number of benzene rings is 2. The van der Waals surface area contributed by atoms with Crippen LogP contribution in [0.15, 0.2) is 54.6 Å². The van der Waals surface area contributed by atoms with Gasteiger partial charge in [0.25, 0.3) is 5.91 Å². The van der Waals surface area contributed by atoms with Crippen molar-refractivity contribution in [2.45, 2.75) is 26.3 Å². The molecule has 0 saturated heterocycles. The molecule has 0 unspecified atom stereocenters. The van der Waals surface area contributed by atoms with E-state index in [2.05, 4.69) is 17.4 Å². The Morgan fingerprint density at radius 1 is 1.03 bits per heavy atom. The van der Waals surface area contributed by atoms with Crippen LogP contribution in [0.25, 0.3) is 0 Å². The lowest BCUT2D eigenvalue weighted by atomic mass is 10.0. The Balaban J connectivity index is 1.54. The molecule has 6 nitrogen and oxygen atoms in total. The fraction of sp³-hybridized carbons (Fsp3) is 0.240. The molecule has 7 heteroatoms. The van der Waals surface area contributed by atoms with Gasteiger partial charge in [0.05, 0.1) is 19.2 Å². The Morgan fingerprint density at radius 2 is 1.72 bits per heavy atom. The molecule has 164 valence electrons. The van der Waals surface area contributed by atoms with E-state index < -0.39 is 5.97 Å². The SMILES string of the molecule is COC(=O)c1c(NC(=O)c2ccc(Cc3ccccc3)cc2)sc2c1CCN(C(C)=O)C2. The van der Waals surface area contributed by atoms with Crippen LogP contribution in [0.5, 0.6) is 0 Å². The number of esters is 1. The number of nitrogens with one attached hydrogen (secondary N) is 1. The van der Waals surface area contributed by atoms with Crippen LogP contribution in [-0.2, 0) is 28.9 Å². The second-order valence-corrected chi connectivity index (χ2v) is 8.81. The largest absolute Gasteiger partial charge is 0.465 e. The van der Waals surface area contributed by atoms with Crippen molar-refractivity contribution in [1.29, 1.82) is 0 Å². The van der Waals surface area contributed by atoms with Gasteiger partial charge in [-0.05, 0) is 41.7 Å². The summed E-state index contributed by atoms with van der Waals surface area (Å²) in [4.78, 5) is 39.8. The number of rotatable bonds is 5. The normalized spacial score (nSPS) is 12.8. The van der Waals surface area contributed by atoms with Crippen molar-refractivity contribution in [3.63, 3.8) is 0 Å². The standard InChI is InChI=1S/C25H24N2O4S/c1-16(28)27-13-12-20-21(15-27)32-24(22(20)25(30)31-2)26-23(29)19-10-8-18(9-11-19)14-17-6-4-3-5-7-17/h3-11H,12-15H2,1-2H3,(H,26,29). The van der Waals surface area contributed by atoms with Crippen LogP contribution < -0.4 is 5.32 Å². The predicted molar refractivity (Wildman–Crippen MR) is 124 cm³/mol. The molecular formula is C25H24N2O4S. The smallest absolute Gasteiger partial charge is 0.341 e. The van der Waals surface area contributed by atoms with Crippen LogP contribution in [0, 0.1) is 0 Å². The third-order valence-electron chi connectivity index (χ3n) is 5.59. The van der Waals surface area contributed by atoms with E-state index in [1.165, 1.54) is 30.9 Å². The van der Waals surface area contributed by atoms with Crippen molar-refractivity contribution in [3.05, 3.63) is 87.3 Å². The number of hydrogen-bond acceptors (Lipinski definition) is 5. The summed E-state index contributed by atoms with van der Waals surface area (Å²) in [5.41, 5.74) is 4.07. The van der Waals surface area contributed by atoms with Gasteiger partial charge in [-0.1, -0.05) is 42.5 Å². The second kappa shape index (κ2) is 9.36. The first kappa shape index (κ1) is 21.8. The Bertz CT molecular complexity index is 1150. The van der Waals surface area contributed by atoms with Gasteiger partial charge in [0, 0.05) is 23.9 Å². The number of ether oxygens (including phenoxy) is 1. The van der Waals surface area contributed by atoms with E-state index in [1.807, 2.05) is 30.3 Å². The molecule has 0 radical (unpaired) electrons. The average molecular weight is 449 g/mol. The van der Waals surface area contributed by atoms with E-state index in [-0.39, 0.29) is 11.8 Å². The molecule has 1 aromatic heterocycles. The maximum atomic E-state index is 12.9. The number of thiophene rings is 1. The summed E-state index contributed by atoms with van der Waals surface area (Å²) in [5.74, 6) is -0.777. The molecular weight excluding hydrogens is 424 g/mol. The molecule has 0 atom stereocenters. The minimum Gasteiger partial charge on any atom is -0.465 e. The lowest BCUT2D eigenvalue weighted by Crippen LogP contribution is -2.33. The Hall–Kier alpha value is -3.45. The summed E-state index contributed by atoms with van der Waals surface area (Å²) >= 11 is 1.33. The highest BCUT2D eigenvalue weighted by molar-refractivity contribution is 7.17. The topological polar surface area (TPSA) is 75.7 Å². The van der Waals surface area contributed by atoms with Crippen LogP contribution in [-0.4, -0.2) is 36.3 Å². The quantitative estimate of drug-likeness (QED) is 0.591. The zero-order chi connectivity index (χ0) is 22.7. The molecule has 0 fully saturated rings. The number of amides is 2. The molecule has 0 spiro atoms. The number of anilines is 1. The number of nitrogens with zero attached hydrogens (tertiary/aromatic N) is 1. The van der Waals surface area contributed by atoms with Crippen LogP contribution in [0.3, 0.4) is 0 Å². The minimum atomic E-state index is -0.479. The lowest BCUT2D eigenvalue weighted by molar-refractivity contribution is -0.129. The average Bonchev–Trinajstić information content (AvgIpc) is 3.16. The lowest BCUT2D eigenvalue weighted by Gasteiger charge is -2.25. The number of fused-ring (bicyclic) bond motifs is 1. The van der Waals surface area contributed by atoms with Gasteiger partial charge in [0.2, 0.25) is 5.91 Å². The first-order valence-electron chi connectivity index (χ1n) is 10.4. The monoisotopic (exact) mass is 448 g/mol. The maximum Gasteiger partial charge on any atom is 0.341 e. The summed E-state index contributed by atoms with van der Waals surface area (Å²) in [6.45, 7) is 2.51. The van der Waals surface area contributed by atoms with E-state index >= 15 is 0 Å². The van der Waals surface area contributed by atoms with Crippen LogP contribution in [0.1, 0.15) is 49.2 Å². The maximum absolute atomic E-state index is 12.9. The molecule has 32 heavy (non-hydrogen) atoms. The Morgan fingerprint density at radius 3 is 2.38 bits per heavy atom. The fourth-order valence-corrected chi connectivity index (χ4v) is 5.11. The Kier molecular flexibility index (Phi) is 6.37. The van der Waals surface area contributed by atoms with Crippen LogP contribution in [0.2, 0.25) is 0 Å². The van der Waals surface area contributed by atoms with E-state index in [0.29, 0.717) is 35.6 Å². The van der Waals surface area contributed by atoms with E-state index in [1.54, 1.807) is 17.0 Å². The predicted octanol–water partition coefficient (Wildman–Crippen LogP) is 4.28. The Labute approximate surface area is 190 Å². The number of methoxy groups -OCH3 is 1. The molecule has 2 heterocycles. The van der Waals surface area contributed by atoms with Crippen molar-refractivity contribution in [1.82, 2.24) is 4.90 Å². The highest BCUT2D eigenvalue weighted by Crippen LogP contribution is 2.38. The number of carbonyl (C=O) groups excluding carboxylic acids is 3. The zero-order valence-electron chi connectivity index (χ0n) is 18.0. The molecule has 0 saturated carbocycles. The molecule has 1 aliphatic heterocycles. The van der Waals surface area contributed by atoms with Gasteiger partial charge in [-0.25, -0.2) is 4.79 Å². The third kappa shape index (κ3) is 4.57. The van der Waals surface area contributed by atoms with Crippen molar-refractivity contribution in [2.24, 2.45) is 0 Å². The first-order valence-corrected chi connectivity index (χ1v) is 11.2. The van der Waals surface area contributed by atoms with Crippen LogP contribution in [0.4, 0.5) is 5.00 Å². The summed E-state index contributed by atoms with van der Waals surface area (Å²) in [5, 5.41) is 3.35. The van der Waals surface area contributed by atoms with Gasteiger partial charge in [0.15, 0.2) is 0 Å². The third-order valence-corrected chi connectivity index (χ3v) is 6.72. The van der Waals surface area contributed by atoms with Crippen molar-refractivity contribution >= 4 is 34.1 Å². The minimum absolute atomic E-state index is 0.00940. The van der Waals surface area contributed by atoms with Crippen molar-refractivity contribution in [3.8, 4) is 0 Å². The van der Waals surface area contributed by atoms with Crippen LogP contribution >= 0.6 is 11.3 Å². The summed E-state index contributed by atoms with van der Waals surface area (Å²) in [7, 11) is 1.33. The molecule has 1 N–H and O–H groups in total. The van der Waals surface area contributed by atoms with Gasteiger partial charge in [-0.15, -0.1) is 11.3 Å². The molecule has 3 aromatic rings. The van der Waals surface area contributed by atoms with Crippen molar-refractivity contribution in [2.75, 3.05) is 19.0 Å². The van der Waals surface area contributed by atoms with Gasteiger partial charge >= 0.3 is 5.97 Å². The van der Waals surface area contributed by atoms with Gasteiger partial charge < -0.3 is 15.0 Å². The molecule has 0 bridgehead atoms. The number of carbonyl (C=O) groups is 3. The molecule has 0 aliphatic carbocycles. The highest BCUT2D eigenvalue weighted by atomic mass is 32.1. The highest BCUT2D eigenvalue weighted by Gasteiger charge is 2.30. The van der Waals surface area contributed by atoms with Gasteiger partial charge in [0.1, 0.15) is 5.00 Å². The van der Waals surface area contributed by atoms with E-state index in [9.17, 15) is 14.4 Å².